The third kappa shape index (κ3) is 2.14. The van der Waals surface area contributed by atoms with Crippen LogP contribution in [0.1, 0.15) is 18.5 Å². The summed E-state index contributed by atoms with van der Waals surface area (Å²) in [5, 5.41) is 0. The van der Waals surface area contributed by atoms with Crippen molar-refractivity contribution in [1.29, 1.82) is 0 Å². The summed E-state index contributed by atoms with van der Waals surface area (Å²) >= 11 is 0. The topological polar surface area (TPSA) is 55.0 Å². The first kappa shape index (κ1) is 11.3. The Hall–Kier alpha value is -1.23. The van der Waals surface area contributed by atoms with Crippen LogP contribution in [0.3, 0.4) is 0 Å². The van der Waals surface area contributed by atoms with Crippen LogP contribution in [0, 0.1) is 18.7 Å². The number of hydrogen-bond donors (Lipinski definition) is 1. The zero-order valence-electron chi connectivity index (χ0n) is 9.49. The van der Waals surface area contributed by atoms with Gasteiger partial charge in [-0.2, -0.15) is 0 Å². The molecule has 2 N–H and O–H groups in total. The smallest absolute Gasteiger partial charge is 0.186 e. The van der Waals surface area contributed by atoms with Crippen LogP contribution in [0.4, 0.5) is 10.2 Å². The molecule has 0 bridgehead atoms. The summed E-state index contributed by atoms with van der Waals surface area (Å²) in [5.74, 6) is 0.564. The standard InChI is InChI=1S/C11H17FN4/c1-8-10(12)11(15-7-14-8)16-4-2-3-9(5-13)6-16/h7,9H,2-6,13H2,1H3. The van der Waals surface area contributed by atoms with Crippen molar-refractivity contribution >= 4 is 5.82 Å². The summed E-state index contributed by atoms with van der Waals surface area (Å²) in [5.41, 5.74) is 6.06. The summed E-state index contributed by atoms with van der Waals surface area (Å²) in [6.07, 6.45) is 3.59. The van der Waals surface area contributed by atoms with Crippen molar-refractivity contribution in [2.24, 2.45) is 11.7 Å². The van der Waals surface area contributed by atoms with Crippen molar-refractivity contribution in [2.75, 3.05) is 24.5 Å². The van der Waals surface area contributed by atoms with E-state index in [9.17, 15) is 4.39 Å². The van der Waals surface area contributed by atoms with E-state index in [0.29, 0.717) is 24.0 Å². The number of piperidine rings is 1. The van der Waals surface area contributed by atoms with E-state index in [2.05, 4.69) is 9.97 Å². The first-order valence-electron chi connectivity index (χ1n) is 5.64. The third-order valence-corrected chi connectivity index (χ3v) is 3.10. The predicted octanol–water partition coefficient (Wildman–Crippen LogP) is 1.10. The maximum atomic E-state index is 13.8. The molecule has 1 aromatic heterocycles. The molecule has 1 fully saturated rings. The van der Waals surface area contributed by atoms with E-state index in [-0.39, 0.29) is 5.82 Å². The molecule has 1 aliphatic heterocycles. The summed E-state index contributed by atoms with van der Waals surface area (Å²) in [6.45, 7) is 3.96. The molecule has 1 aromatic rings. The van der Waals surface area contributed by atoms with Gasteiger partial charge in [-0.3, -0.25) is 0 Å². The lowest BCUT2D eigenvalue weighted by Crippen LogP contribution is -2.39. The lowest BCUT2D eigenvalue weighted by atomic mass is 9.98. The fourth-order valence-electron chi connectivity index (χ4n) is 2.12. The Kier molecular flexibility index (Phi) is 3.33. The number of aromatic nitrogens is 2. The summed E-state index contributed by atoms with van der Waals surface area (Å²) < 4.78 is 13.8. The van der Waals surface area contributed by atoms with Crippen molar-refractivity contribution in [3.63, 3.8) is 0 Å². The van der Waals surface area contributed by atoms with Crippen LogP contribution in [0.2, 0.25) is 0 Å². The Morgan fingerprint density at radius 3 is 3.12 bits per heavy atom. The van der Waals surface area contributed by atoms with Crippen LogP contribution in [-0.4, -0.2) is 29.6 Å². The highest BCUT2D eigenvalue weighted by molar-refractivity contribution is 5.41. The quantitative estimate of drug-likeness (QED) is 0.817. The van der Waals surface area contributed by atoms with Gasteiger partial charge in [-0.1, -0.05) is 0 Å². The van der Waals surface area contributed by atoms with Gasteiger partial charge in [0.2, 0.25) is 0 Å². The number of hydrogen-bond acceptors (Lipinski definition) is 4. The van der Waals surface area contributed by atoms with Crippen molar-refractivity contribution in [3.8, 4) is 0 Å². The Bertz CT molecular complexity index is 369. The minimum absolute atomic E-state index is 0.305. The third-order valence-electron chi connectivity index (χ3n) is 3.10. The molecule has 2 heterocycles. The minimum Gasteiger partial charge on any atom is -0.354 e. The minimum atomic E-state index is -0.305. The van der Waals surface area contributed by atoms with Crippen molar-refractivity contribution in [2.45, 2.75) is 19.8 Å². The van der Waals surface area contributed by atoms with E-state index in [1.54, 1.807) is 6.92 Å². The number of rotatable bonds is 2. The van der Waals surface area contributed by atoms with E-state index in [1.807, 2.05) is 4.90 Å². The fourth-order valence-corrected chi connectivity index (χ4v) is 2.12. The van der Waals surface area contributed by atoms with E-state index in [0.717, 1.165) is 25.9 Å². The monoisotopic (exact) mass is 224 g/mol. The summed E-state index contributed by atoms with van der Waals surface area (Å²) in [4.78, 5) is 9.84. The average molecular weight is 224 g/mol. The molecular weight excluding hydrogens is 207 g/mol. The molecule has 0 spiro atoms. The largest absolute Gasteiger partial charge is 0.354 e. The molecule has 0 amide bonds. The molecule has 16 heavy (non-hydrogen) atoms. The lowest BCUT2D eigenvalue weighted by Gasteiger charge is -2.33. The fraction of sp³-hybridized carbons (Fsp3) is 0.636. The van der Waals surface area contributed by atoms with Crippen molar-refractivity contribution in [1.82, 2.24) is 9.97 Å². The van der Waals surface area contributed by atoms with Gasteiger partial charge in [0.1, 0.15) is 6.33 Å². The van der Waals surface area contributed by atoms with Crippen LogP contribution < -0.4 is 10.6 Å². The van der Waals surface area contributed by atoms with Crippen molar-refractivity contribution in [3.05, 3.63) is 17.8 Å². The first-order chi connectivity index (χ1) is 7.72. The van der Waals surface area contributed by atoms with E-state index in [4.69, 9.17) is 5.73 Å². The molecule has 1 saturated heterocycles. The first-order valence-corrected chi connectivity index (χ1v) is 5.64. The average Bonchev–Trinajstić information content (AvgIpc) is 2.33. The zero-order chi connectivity index (χ0) is 11.5. The molecule has 4 nitrogen and oxygen atoms in total. The SMILES string of the molecule is Cc1ncnc(N2CCCC(CN)C2)c1F. The van der Waals surface area contributed by atoms with Crippen LogP contribution in [0.5, 0.6) is 0 Å². The molecule has 5 heteroatoms. The molecular formula is C11H17FN4. The highest BCUT2D eigenvalue weighted by Gasteiger charge is 2.22. The van der Waals surface area contributed by atoms with E-state index >= 15 is 0 Å². The second kappa shape index (κ2) is 4.74. The second-order valence-corrected chi connectivity index (χ2v) is 4.29. The maximum absolute atomic E-state index is 13.8. The molecule has 88 valence electrons. The molecule has 0 saturated carbocycles. The highest BCUT2D eigenvalue weighted by Crippen LogP contribution is 2.23. The Balaban J connectivity index is 2.20. The number of nitrogens with two attached hydrogens (primary N) is 1. The Labute approximate surface area is 94.7 Å². The molecule has 1 unspecified atom stereocenters. The normalized spacial score (nSPS) is 21.2. The molecule has 2 rings (SSSR count). The van der Waals surface area contributed by atoms with Gasteiger partial charge in [0, 0.05) is 13.1 Å². The van der Waals surface area contributed by atoms with Gasteiger partial charge in [-0.25, -0.2) is 14.4 Å². The van der Waals surface area contributed by atoms with E-state index < -0.39 is 0 Å². The van der Waals surface area contributed by atoms with Gasteiger partial charge in [-0.15, -0.1) is 0 Å². The molecule has 0 aromatic carbocycles. The van der Waals surface area contributed by atoms with Crippen LogP contribution in [-0.2, 0) is 0 Å². The number of nitrogens with zero attached hydrogens (tertiary/aromatic N) is 3. The zero-order valence-corrected chi connectivity index (χ0v) is 9.49. The molecule has 0 aliphatic carbocycles. The summed E-state index contributed by atoms with van der Waals surface area (Å²) in [7, 11) is 0. The maximum Gasteiger partial charge on any atom is 0.186 e. The number of anilines is 1. The van der Waals surface area contributed by atoms with Gasteiger partial charge in [-0.05, 0) is 32.2 Å². The van der Waals surface area contributed by atoms with Crippen LogP contribution in [0.15, 0.2) is 6.33 Å². The highest BCUT2D eigenvalue weighted by atomic mass is 19.1. The second-order valence-electron chi connectivity index (χ2n) is 4.29. The Morgan fingerprint density at radius 1 is 1.56 bits per heavy atom. The van der Waals surface area contributed by atoms with Gasteiger partial charge in [0.15, 0.2) is 11.6 Å². The number of halogens is 1. The van der Waals surface area contributed by atoms with Gasteiger partial charge in [0.05, 0.1) is 5.69 Å². The summed E-state index contributed by atoms with van der Waals surface area (Å²) in [6, 6.07) is 0. The lowest BCUT2D eigenvalue weighted by molar-refractivity contribution is 0.416. The van der Waals surface area contributed by atoms with Crippen molar-refractivity contribution < 1.29 is 4.39 Å². The molecule has 1 atom stereocenters. The van der Waals surface area contributed by atoms with Gasteiger partial charge >= 0.3 is 0 Å². The molecule has 0 radical (unpaired) electrons. The van der Waals surface area contributed by atoms with E-state index in [1.165, 1.54) is 6.33 Å². The van der Waals surface area contributed by atoms with Crippen LogP contribution >= 0.6 is 0 Å². The van der Waals surface area contributed by atoms with Crippen LogP contribution in [0.25, 0.3) is 0 Å². The molecule has 1 aliphatic rings. The number of aryl methyl sites for hydroxylation is 1. The Morgan fingerprint density at radius 2 is 2.38 bits per heavy atom. The van der Waals surface area contributed by atoms with Gasteiger partial charge < -0.3 is 10.6 Å². The van der Waals surface area contributed by atoms with Gasteiger partial charge in [0.25, 0.3) is 0 Å². The predicted molar refractivity (Wildman–Crippen MR) is 60.7 cm³/mol.